The molecule has 4 rings (SSSR count). The van der Waals surface area contributed by atoms with Crippen molar-refractivity contribution in [2.75, 3.05) is 37.6 Å². The van der Waals surface area contributed by atoms with E-state index in [1.165, 1.54) is 17.0 Å². The van der Waals surface area contributed by atoms with Crippen LogP contribution >= 0.6 is 0 Å². The number of fused-ring (bicyclic) bond motifs is 1. The number of likely N-dealkylation sites (tertiary alicyclic amines) is 1. The Morgan fingerprint density at radius 1 is 0.926 bits per heavy atom. The quantitative estimate of drug-likeness (QED) is 0.756. The molecule has 6 nitrogen and oxygen atoms in total. The first-order chi connectivity index (χ1) is 13.0. The lowest BCUT2D eigenvalue weighted by Gasteiger charge is -2.36. The summed E-state index contributed by atoms with van der Waals surface area (Å²) in [5.74, 6) is -1.20. The van der Waals surface area contributed by atoms with Crippen molar-refractivity contribution in [3.05, 3.63) is 30.1 Å². The van der Waals surface area contributed by atoms with Crippen LogP contribution in [0, 0.1) is 17.7 Å². The molecule has 0 aromatic heterocycles. The summed E-state index contributed by atoms with van der Waals surface area (Å²) in [6.45, 7) is 2.20. The second-order valence-electron chi connectivity index (χ2n) is 7.60. The van der Waals surface area contributed by atoms with Crippen molar-refractivity contribution in [3.63, 3.8) is 0 Å². The van der Waals surface area contributed by atoms with Gasteiger partial charge in [0.2, 0.25) is 17.7 Å². The minimum absolute atomic E-state index is 0.138. The smallest absolute Gasteiger partial charge is 0.242 e. The molecular weight excluding hydrogens is 349 g/mol. The fraction of sp³-hybridized carbons (Fsp3) is 0.550. The monoisotopic (exact) mass is 373 g/mol. The summed E-state index contributed by atoms with van der Waals surface area (Å²) >= 11 is 0. The largest absolute Gasteiger partial charge is 0.368 e. The van der Waals surface area contributed by atoms with E-state index in [1.807, 2.05) is 0 Å². The Kier molecular flexibility index (Phi) is 4.85. The van der Waals surface area contributed by atoms with Crippen molar-refractivity contribution in [1.29, 1.82) is 0 Å². The van der Waals surface area contributed by atoms with E-state index in [-0.39, 0.29) is 41.9 Å². The molecule has 1 saturated carbocycles. The molecule has 0 unspecified atom stereocenters. The molecule has 2 aliphatic heterocycles. The molecule has 0 radical (unpaired) electrons. The standard InChI is InChI=1S/C20H24FN3O3/c21-14-5-7-15(8-6-14)22-9-11-23(12-10-22)18(25)13-24-19(26)16-3-1-2-4-17(16)20(24)27/h5-8,16-17H,1-4,9-13H2/t16-,17-/m0/s1. The number of carbonyl (C=O) groups is 3. The second kappa shape index (κ2) is 7.29. The molecular formula is C20H24FN3O3. The van der Waals surface area contributed by atoms with E-state index in [2.05, 4.69) is 4.90 Å². The van der Waals surface area contributed by atoms with Gasteiger partial charge in [-0.2, -0.15) is 0 Å². The second-order valence-corrected chi connectivity index (χ2v) is 7.60. The maximum absolute atomic E-state index is 13.1. The molecule has 0 spiro atoms. The van der Waals surface area contributed by atoms with Crippen molar-refractivity contribution in [2.24, 2.45) is 11.8 Å². The SMILES string of the molecule is O=C(CN1C(=O)[C@H]2CCCC[C@@H]2C1=O)N1CCN(c2ccc(F)cc2)CC1. The van der Waals surface area contributed by atoms with Crippen molar-refractivity contribution in [3.8, 4) is 0 Å². The molecule has 2 heterocycles. The molecule has 3 fully saturated rings. The van der Waals surface area contributed by atoms with E-state index in [4.69, 9.17) is 0 Å². The molecule has 1 aromatic rings. The number of anilines is 1. The zero-order valence-electron chi connectivity index (χ0n) is 15.3. The van der Waals surface area contributed by atoms with E-state index in [0.717, 1.165) is 31.4 Å². The van der Waals surface area contributed by atoms with E-state index < -0.39 is 0 Å². The number of carbonyl (C=O) groups excluding carboxylic acids is 3. The van der Waals surface area contributed by atoms with E-state index >= 15 is 0 Å². The summed E-state index contributed by atoms with van der Waals surface area (Å²) in [4.78, 5) is 42.7. The first kappa shape index (κ1) is 17.9. The molecule has 1 aliphatic carbocycles. The van der Waals surface area contributed by atoms with E-state index in [0.29, 0.717) is 26.2 Å². The summed E-state index contributed by atoms with van der Waals surface area (Å²) in [6.07, 6.45) is 3.48. The molecule has 0 bridgehead atoms. The lowest BCUT2D eigenvalue weighted by atomic mass is 9.81. The topological polar surface area (TPSA) is 60.9 Å². The van der Waals surface area contributed by atoms with Crippen molar-refractivity contribution in [1.82, 2.24) is 9.80 Å². The predicted octanol–water partition coefficient (Wildman–Crippen LogP) is 1.65. The van der Waals surface area contributed by atoms with Crippen molar-refractivity contribution >= 4 is 23.4 Å². The van der Waals surface area contributed by atoms with Crippen molar-refractivity contribution in [2.45, 2.75) is 25.7 Å². The number of hydrogen-bond acceptors (Lipinski definition) is 4. The van der Waals surface area contributed by atoms with Crippen LogP contribution in [0.5, 0.6) is 0 Å². The van der Waals surface area contributed by atoms with Gasteiger partial charge in [-0.1, -0.05) is 12.8 Å². The van der Waals surface area contributed by atoms with Crippen LogP contribution in [0.3, 0.4) is 0 Å². The summed E-state index contributed by atoms with van der Waals surface area (Å²) in [5, 5.41) is 0. The van der Waals surface area contributed by atoms with Gasteiger partial charge in [-0.15, -0.1) is 0 Å². The van der Waals surface area contributed by atoms with Crippen LogP contribution in [-0.2, 0) is 14.4 Å². The van der Waals surface area contributed by atoms with Gasteiger partial charge in [-0.3, -0.25) is 19.3 Å². The van der Waals surface area contributed by atoms with Crippen LogP contribution in [0.4, 0.5) is 10.1 Å². The molecule has 1 aromatic carbocycles. The van der Waals surface area contributed by atoms with Gasteiger partial charge in [0.25, 0.3) is 0 Å². The van der Waals surface area contributed by atoms with Gasteiger partial charge >= 0.3 is 0 Å². The van der Waals surface area contributed by atoms with Gasteiger partial charge < -0.3 is 9.80 Å². The van der Waals surface area contributed by atoms with Gasteiger partial charge in [-0.05, 0) is 37.1 Å². The fourth-order valence-electron chi connectivity index (χ4n) is 4.49. The number of rotatable bonds is 3. The first-order valence-corrected chi connectivity index (χ1v) is 9.68. The minimum Gasteiger partial charge on any atom is -0.368 e. The molecule has 2 saturated heterocycles. The highest BCUT2D eigenvalue weighted by Crippen LogP contribution is 2.37. The van der Waals surface area contributed by atoms with Crippen LogP contribution in [-0.4, -0.2) is 60.2 Å². The number of nitrogens with zero attached hydrogens (tertiary/aromatic N) is 3. The molecule has 0 N–H and O–H groups in total. The lowest BCUT2D eigenvalue weighted by Crippen LogP contribution is -2.52. The molecule has 3 amide bonds. The van der Waals surface area contributed by atoms with Crippen LogP contribution in [0.1, 0.15) is 25.7 Å². The highest BCUT2D eigenvalue weighted by Gasteiger charge is 2.48. The van der Waals surface area contributed by atoms with Gasteiger partial charge in [0.05, 0.1) is 11.8 Å². The Labute approximate surface area is 157 Å². The Morgan fingerprint density at radius 3 is 2.04 bits per heavy atom. The van der Waals surface area contributed by atoms with Gasteiger partial charge in [0.15, 0.2) is 0 Å². The number of imide groups is 1. The van der Waals surface area contributed by atoms with Gasteiger partial charge in [-0.25, -0.2) is 4.39 Å². The summed E-state index contributed by atoms with van der Waals surface area (Å²) in [7, 11) is 0. The highest BCUT2D eigenvalue weighted by molar-refractivity contribution is 6.07. The normalized spacial score (nSPS) is 25.7. The zero-order valence-corrected chi connectivity index (χ0v) is 15.3. The highest BCUT2D eigenvalue weighted by atomic mass is 19.1. The average Bonchev–Trinajstić information content (AvgIpc) is 2.94. The number of benzene rings is 1. The summed E-state index contributed by atoms with van der Waals surface area (Å²) in [5.41, 5.74) is 0.928. The van der Waals surface area contributed by atoms with Crippen LogP contribution < -0.4 is 4.90 Å². The van der Waals surface area contributed by atoms with Crippen LogP contribution in [0.25, 0.3) is 0 Å². The van der Waals surface area contributed by atoms with Crippen LogP contribution in [0.2, 0.25) is 0 Å². The number of piperazine rings is 1. The Balaban J connectivity index is 1.34. The Morgan fingerprint density at radius 2 is 1.48 bits per heavy atom. The number of hydrogen-bond donors (Lipinski definition) is 0. The van der Waals surface area contributed by atoms with Crippen molar-refractivity contribution < 1.29 is 18.8 Å². The average molecular weight is 373 g/mol. The maximum atomic E-state index is 13.1. The summed E-state index contributed by atoms with van der Waals surface area (Å²) in [6, 6.07) is 6.32. The van der Waals surface area contributed by atoms with Gasteiger partial charge in [0.1, 0.15) is 12.4 Å². The lowest BCUT2D eigenvalue weighted by molar-refractivity contribution is -0.146. The van der Waals surface area contributed by atoms with Crippen LogP contribution in [0.15, 0.2) is 24.3 Å². The molecule has 144 valence electrons. The Bertz CT molecular complexity index is 719. The zero-order chi connectivity index (χ0) is 19.0. The molecule has 7 heteroatoms. The number of amides is 3. The molecule has 2 atom stereocenters. The number of halogens is 1. The fourth-order valence-corrected chi connectivity index (χ4v) is 4.49. The third-order valence-electron chi connectivity index (χ3n) is 6.05. The predicted molar refractivity (Wildman–Crippen MR) is 97.4 cm³/mol. The minimum atomic E-state index is -0.270. The van der Waals surface area contributed by atoms with Gasteiger partial charge in [0, 0.05) is 31.9 Å². The first-order valence-electron chi connectivity index (χ1n) is 9.68. The van der Waals surface area contributed by atoms with E-state index in [1.54, 1.807) is 17.0 Å². The molecule has 3 aliphatic rings. The summed E-state index contributed by atoms with van der Waals surface area (Å²) < 4.78 is 13.1. The third kappa shape index (κ3) is 3.42. The maximum Gasteiger partial charge on any atom is 0.242 e. The Hall–Kier alpha value is -2.44. The third-order valence-corrected chi connectivity index (χ3v) is 6.05. The van der Waals surface area contributed by atoms with E-state index in [9.17, 15) is 18.8 Å². The molecule has 27 heavy (non-hydrogen) atoms.